The minimum Gasteiger partial charge on any atom is -0.490 e. The summed E-state index contributed by atoms with van der Waals surface area (Å²) in [5.41, 5.74) is 2.08. The Hall–Kier alpha value is -2.34. The van der Waals surface area contributed by atoms with Gasteiger partial charge in [-0.3, -0.25) is 9.80 Å². The van der Waals surface area contributed by atoms with Crippen molar-refractivity contribution in [3.05, 3.63) is 65.7 Å². The van der Waals surface area contributed by atoms with Crippen molar-refractivity contribution in [1.29, 1.82) is 0 Å². The van der Waals surface area contributed by atoms with Gasteiger partial charge in [0.2, 0.25) is 0 Å². The Morgan fingerprint density at radius 3 is 2.26 bits per heavy atom. The van der Waals surface area contributed by atoms with E-state index >= 15 is 0 Å². The molecule has 3 rings (SSSR count). The number of hydrogen-bond acceptors (Lipinski definition) is 5. The highest BCUT2D eigenvalue weighted by Crippen LogP contribution is 2.32. The number of aliphatic hydroxyl groups is 1. The second kappa shape index (κ2) is 12.5. The van der Waals surface area contributed by atoms with E-state index in [1.54, 1.807) is 0 Å². The smallest absolute Gasteiger partial charge is 0.161 e. The van der Waals surface area contributed by atoms with Crippen molar-refractivity contribution in [1.82, 2.24) is 9.80 Å². The number of aliphatic hydroxyl groups excluding tert-OH is 1. The van der Waals surface area contributed by atoms with Gasteiger partial charge in [-0.2, -0.15) is 0 Å². The third-order valence-corrected chi connectivity index (χ3v) is 5.42. The van der Waals surface area contributed by atoms with Crippen molar-refractivity contribution in [2.75, 3.05) is 45.9 Å². The van der Waals surface area contributed by atoms with Gasteiger partial charge in [-0.05, 0) is 36.1 Å². The largest absolute Gasteiger partial charge is 0.490 e. The molecule has 1 saturated heterocycles. The van der Waals surface area contributed by atoms with Gasteiger partial charge in [-0.1, -0.05) is 62.4 Å². The fourth-order valence-corrected chi connectivity index (χ4v) is 3.64. The number of piperazine rings is 1. The zero-order chi connectivity index (χ0) is 21.9. The standard InChI is InChI=1S/C26H36N2O3/c1-3-19-30-24-13-12-23(21-25(24)31-20-4-2)26(29)28-17-15-27(16-18-28)14-8-11-22-9-6-5-7-10-22/h5-13,21,26,29H,3-4,14-20H2,1-2H3/b11-8+. The molecule has 0 saturated carbocycles. The maximum atomic E-state index is 11.0. The molecule has 0 amide bonds. The van der Waals surface area contributed by atoms with Crippen molar-refractivity contribution in [3.63, 3.8) is 0 Å². The van der Waals surface area contributed by atoms with Crippen LogP contribution in [0, 0.1) is 0 Å². The molecule has 0 aliphatic carbocycles. The molecule has 0 aromatic heterocycles. The molecule has 1 unspecified atom stereocenters. The quantitative estimate of drug-likeness (QED) is 0.572. The van der Waals surface area contributed by atoms with Gasteiger partial charge in [-0.15, -0.1) is 0 Å². The van der Waals surface area contributed by atoms with E-state index in [1.165, 1.54) is 5.56 Å². The van der Waals surface area contributed by atoms with E-state index in [0.717, 1.165) is 62.6 Å². The normalized spacial score (nSPS) is 16.5. The first kappa shape index (κ1) is 23.3. The molecule has 168 valence electrons. The molecular weight excluding hydrogens is 388 g/mol. The average Bonchev–Trinajstić information content (AvgIpc) is 2.82. The maximum Gasteiger partial charge on any atom is 0.161 e. The summed E-state index contributed by atoms with van der Waals surface area (Å²) in [6, 6.07) is 16.2. The van der Waals surface area contributed by atoms with E-state index in [9.17, 15) is 5.11 Å². The topological polar surface area (TPSA) is 45.2 Å². The van der Waals surface area contributed by atoms with Crippen molar-refractivity contribution in [3.8, 4) is 11.5 Å². The lowest BCUT2D eigenvalue weighted by molar-refractivity contribution is -0.0255. The van der Waals surface area contributed by atoms with Gasteiger partial charge in [-0.25, -0.2) is 0 Å². The van der Waals surface area contributed by atoms with Crippen LogP contribution >= 0.6 is 0 Å². The summed E-state index contributed by atoms with van der Waals surface area (Å²) in [5, 5.41) is 11.0. The lowest BCUT2D eigenvalue weighted by atomic mass is 10.1. The lowest BCUT2D eigenvalue weighted by Crippen LogP contribution is -2.47. The van der Waals surface area contributed by atoms with Crippen LogP contribution in [0.15, 0.2) is 54.6 Å². The predicted molar refractivity (Wildman–Crippen MR) is 126 cm³/mol. The molecule has 1 aliphatic rings. The van der Waals surface area contributed by atoms with E-state index in [2.05, 4.69) is 60.1 Å². The molecule has 1 N–H and O–H groups in total. The second-order valence-electron chi connectivity index (χ2n) is 7.93. The number of benzene rings is 2. The van der Waals surface area contributed by atoms with Gasteiger partial charge in [0.05, 0.1) is 13.2 Å². The maximum absolute atomic E-state index is 11.0. The summed E-state index contributed by atoms with van der Waals surface area (Å²) in [6.45, 7) is 9.93. The monoisotopic (exact) mass is 424 g/mol. The molecule has 5 nitrogen and oxygen atoms in total. The molecule has 1 fully saturated rings. The molecule has 31 heavy (non-hydrogen) atoms. The van der Waals surface area contributed by atoms with E-state index in [0.29, 0.717) is 13.2 Å². The zero-order valence-corrected chi connectivity index (χ0v) is 18.9. The van der Waals surface area contributed by atoms with Crippen LogP contribution < -0.4 is 9.47 Å². The van der Waals surface area contributed by atoms with Gasteiger partial charge < -0.3 is 14.6 Å². The van der Waals surface area contributed by atoms with Crippen molar-refractivity contribution in [2.24, 2.45) is 0 Å². The SMILES string of the molecule is CCCOc1ccc(C(O)N2CCN(C/C=C/c3ccccc3)CC2)cc1OCCC. The molecule has 0 bridgehead atoms. The Bertz CT molecular complexity index is 802. The van der Waals surface area contributed by atoms with Crippen LogP contribution in [-0.2, 0) is 0 Å². The van der Waals surface area contributed by atoms with Gasteiger partial charge >= 0.3 is 0 Å². The second-order valence-corrected chi connectivity index (χ2v) is 7.93. The van der Waals surface area contributed by atoms with E-state index in [1.807, 2.05) is 24.3 Å². The molecule has 2 aromatic rings. The Morgan fingerprint density at radius 1 is 0.903 bits per heavy atom. The first-order valence-corrected chi connectivity index (χ1v) is 11.5. The Labute approximate surface area is 186 Å². The highest BCUT2D eigenvalue weighted by molar-refractivity contribution is 5.48. The summed E-state index contributed by atoms with van der Waals surface area (Å²) >= 11 is 0. The summed E-state index contributed by atoms with van der Waals surface area (Å²) < 4.78 is 11.7. The fraction of sp³-hybridized carbons (Fsp3) is 0.462. The van der Waals surface area contributed by atoms with E-state index in [-0.39, 0.29) is 0 Å². The molecule has 5 heteroatoms. The molecule has 1 aliphatic heterocycles. The minimum atomic E-state index is -0.633. The lowest BCUT2D eigenvalue weighted by Gasteiger charge is -2.37. The summed E-state index contributed by atoms with van der Waals surface area (Å²) in [6.07, 6.45) is 5.63. The van der Waals surface area contributed by atoms with Gasteiger partial charge in [0.25, 0.3) is 0 Å². The summed E-state index contributed by atoms with van der Waals surface area (Å²) in [7, 11) is 0. The Balaban J connectivity index is 1.54. The highest BCUT2D eigenvalue weighted by Gasteiger charge is 2.24. The third kappa shape index (κ3) is 7.10. The molecule has 2 aromatic carbocycles. The molecular formula is C26H36N2O3. The molecule has 1 heterocycles. The predicted octanol–water partition coefficient (Wildman–Crippen LogP) is 4.59. The van der Waals surface area contributed by atoms with Crippen LogP contribution in [0.5, 0.6) is 11.5 Å². The average molecular weight is 425 g/mol. The van der Waals surface area contributed by atoms with Crippen molar-refractivity contribution in [2.45, 2.75) is 32.9 Å². The zero-order valence-electron chi connectivity index (χ0n) is 18.9. The van der Waals surface area contributed by atoms with Crippen LogP contribution in [0.2, 0.25) is 0 Å². The summed E-state index contributed by atoms with van der Waals surface area (Å²) in [5.74, 6) is 1.47. The molecule has 0 spiro atoms. The summed E-state index contributed by atoms with van der Waals surface area (Å²) in [4.78, 5) is 4.54. The number of rotatable bonds is 11. The van der Waals surface area contributed by atoms with Gasteiger partial charge in [0.1, 0.15) is 6.23 Å². The third-order valence-electron chi connectivity index (χ3n) is 5.42. The van der Waals surface area contributed by atoms with Crippen molar-refractivity contribution < 1.29 is 14.6 Å². The number of ether oxygens (including phenoxy) is 2. The number of hydrogen-bond donors (Lipinski definition) is 1. The first-order chi connectivity index (χ1) is 15.2. The molecule has 0 radical (unpaired) electrons. The van der Waals surface area contributed by atoms with Crippen molar-refractivity contribution >= 4 is 6.08 Å². The Kier molecular flexibility index (Phi) is 9.40. The van der Waals surface area contributed by atoms with Crippen LogP contribution in [0.25, 0.3) is 6.08 Å². The Morgan fingerprint density at radius 2 is 1.58 bits per heavy atom. The fourth-order valence-electron chi connectivity index (χ4n) is 3.64. The van der Waals surface area contributed by atoms with Crippen LogP contribution in [0.3, 0.4) is 0 Å². The van der Waals surface area contributed by atoms with Crippen LogP contribution in [0.4, 0.5) is 0 Å². The highest BCUT2D eigenvalue weighted by atomic mass is 16.5. The van der Waals surface area contributed by atoms with E-state index in [4.69, 9.17) is 9.47 Å². The number of nitrogens with zero attached hydrogens (tertiary/aromatic N) is 2. The molecule has 1 atom stereocenters. The first-order valence-electron chi connectivity index (χ1n) is 11.5. The van der Waals surface area contributed by atoms with Crippen LogP contribution in [0.1, 0.15) is 44.0 Å². The van der Waals surface area contributed by atoms with E-state index < -0.39 is 6.23 Å². The van der Waals surface area contributed by atoms with Crippen LogP contribution in [-0.4, -0.2) is 60.8 Å². The minimum absolute atomic E-state index is 0.633. The van der Waals surface area contributed by atoms with Gasteiger partial charge in [0.15, 0.2) is 11.5 Å². The van der Waals surface area contributed by atoms with Gasteiger partial charge in [0, 0.05) is 32.7 Å².